The van der Waals surface area contributed by atoms with Crippen molar-refractivity contribution >= 4 is 28.1 Å². The van der Waals surface area contributed by atoms with Crippen molar-refractivity contribution in [1.82, 2.24) is 5.43 Å². The largest absolute Gasteiger partial charge is 0.494 e. The highest BCUT2D eigenvalue weighted by Gasteiger charge is 2.03. The lowest BCUT2D eigenvalue weighted by atomic mass is 10.2. The first-order valence-electron chi connectivity index (χ1n) is 7.01. The SMILES string of the molecule is CCCOc1ccc(C=NNC(=O)c2cccc(Br)c2)cc1. The van der Waals surface area contributed by atoms with Crippen molar-refractivity contribution in [2.45, 2.75) is 13.3 Å². The van der Waals surface area contributed by atoms with Gasteiger partial charge in [0.2, 0.25) is 0 Å². The van der Waals surface area contributed by atoms with Gasteiger partial charge >= 0.3 is 0 Å². The summed E-state index contributed by atoms with van der Waals surface area (Å²) in [5.41, 5.74) is 3.94. The van der Waals surface area contributed by atoms with E-state index in [9.17, 15) is 4.79 Å². The molecule has 2 rings (SSSR count). The summed E-state index contributed by atoms with van der Waals surface area (Å²) in [7, 11) is 0. The lowest BCUT2D eigenvalue weighted by Gasteiger charge is -2.04. The molecule has 1 N–H and O–H groups in total. The zero-order valence-electron chi connectivity index (χ0n) is 12.3. The van der Waals surface area contributed by atoms with Gasteiger partial charge in [-0.3, -0.25) is 4.79 Å². The molecule has 0 spiro atoms. The van der Waals surface area contributed by atoms with Crippen LogP contribution in [0.1, 0.15) is 29.3 Å². The third-order valence-electron chi connectivity index (χ3n) is 2.82. The van der Waals surface area contributed by atoms with Crippen LogP contribution in [0.4, 0.5) is 0 Å². The van der Waals surface area contributed by atoms with Crippen LogP contribution < -0.4 is 10.2 Å². The Morgan fingerprint density at radius 2 is 2.05 bits per heavy atom. The Hall–Kier alpha value is -2.14. The Balaban J connectivity index is 1.90. The fourth-order valence-corrected chi connectivity index (χ4v) is 2.13. The number of benzene rings is 2. The van der Waals surface area contributed by atoms with Gasteiger partial charge in [0.1, 0.15) is 5.75 Å². The number of ether oxygens (including phenoxy) is 1. The first-order valence-corrected chi connectivity index (χ1v) is 7.80. The standard InChI is InChI=1S/C17H17BrN2O2/c1-2-10-22-16-8-6-13(7-9-16)12-19-20-17(21)14-4-3-5-15(18)11-14/h3-9,11-12H,2,10H2,1H3,(H,20,21). The predicted molar refractivity (Wildman–Crippen MR) is 91.4 cm³/mol. The first-order chi connectivity index (χ1) is 10.7. The zero-order valence-corrected chi connectivity index (χ0v) is 13.8. The van der Waals surface area contributed by atoms with Crippen LogP contribution in [0, 0.1) is 0 Å². The van der Waals surface area contributed by atoms with E-state index in [-0.39, 0.29) is 5.91 Å². The number of nitrogens with zero attached hydrogens (tertiary/aromatic N) is 1. The monoisotopic (exact) mass is 360 g/mol. The number of carbonyl (C=O) groups excluding carboxylic acids is 1. The average molecular weight is 361 g/mol. The molecule has 0 unspecified atom stereocenters. The molecule has 0 radical (unpaired) electrons. The molecule has 1 amide bonds. The van der Waals surface area contributed by atoms with Crippen LogP contribution in [0.5, 0.6) is 5.75 Å². The highest BCUT2D eigenvalue weighted by Crippen LogP contribution is 2.12. The van der Waals surface area contributed by atoms with E-state index >= 15 is 0 Å². The maximum atomic E-state index is 11.9. The summed E-state index contributed by atoms with van der Waals surface area (Å²) in [6.07, 6.45) is 2.57. The number of nitrogens with one attached hydrogen (secondary N) is 1. The molecular formula is C17H17BrN2O2. The van der Waals surface area contributed by atoms with Crippen LogP contribution in [0.15, 0.2) is 58.1 Å². The van der Waals surface area contributed by atoms with E-state index in [1.165, 1.54) is 0 Å². The minimum absolute atomic E-state index is 0.250. The van der Waals surface area contributed by atoms with E-state index in [1.54, 1.807) is 24.4 Å². The van der Waals surface area contributed by atoms with Gasteiger partial charge in [0.05, 0.1) is 12.8 Å². The van der Waals surface area contributed by atoms with Crippen LogP contribution in [0.2, 0.25) is 0 Å². The summed E-state index contributed by atoms with van der Waals surface area (Å²) in [4.78, 5) is 11.9. The molecule has 0 aromatic heterocycles. The van der Waals surface area contributed by atoms with Crippen molar-refractivity contribution < 1.29 is 9.53 Å². The Labute approximate surface area is 138 Å². The summed E-state index contributed by atoms with van der Waals surface area (Å²) in [5.74, 6) is 0.581. The van der Waals surface area contributed by atoms with Gasteiger partial charge < -0.3 is 4.74 Å². The quantitative estimate of drug-likeness (QED) is 0.625. The van der Waals surface area contributed by atoms with Gasteiger partial charge in [-0.15, -0.1) is 0 Å². The van der Waals surface area contributed by atoms with Crippen LogP contribution in [0.25, 0.3) is 0 Å². The molecule has 0 heterocycles. The molecule has 0 bridgehead atoms. The van der Waals surface area contributed by atoms with Crippen molar-refractivity contribution in [2.24, 2.45) is 5.10 Å². The fourth-order valence-electron chi connectivity index (χ4n) is 1.73. The number of hydrogen-bond acceptors (Lipinski definition) is 3. The summed E-state index contributed by atoms with van der Waals surface area (Å²) in [6.45, 7) is 2.77. The van der Waals surface area contributed by atoms with Crippen molar-refractivity contribution in [2.75, 3.05) is 6.61 Å². The lowest BCUT2D eigenvalue weighted by Crippen LogP contribution is -2.17. The second-order valence-electron chi connectivity index (χ2n) is 4.63. The van der Waals surface area contributed by atoms with Gasteiger partial charge in [-0.25, -0.2) is 5.43 Å². The summed E-state index contributed by atoms with van der Waals surface area (Å²) < 4.78 is 6.36. The molecule has 0 fully saturated rings. The van der Waals surface area contributed by atoms with Crippen molar-refractivity contribution in [1.29, 1.82) is 0 Å². The number of amides is 1. The maximum Gasteiger partial charge on any atom is 0.271 e. The molecular weight excluding hydrogens is 344 g/mol. The molecule has 0 aliphatic carbocycles. The molecule has 2 aromatic rings. The number of hydrogen-bond donors (Lipinski definition) is 1. The van der Waals surface area contributed by atoms with Gasteiger partial charge in [-0.1, -0.05) is 28.9 Å². The average Bonchev–Trinajstić information content (AvgIpc) is 2.54. The number of rotatable bonds is 6. The van der Waals surface area contributed by atoms with Crippen LogP contribution in [0.3, 0.4) is 0 Å². The highest BCUT2D eigenvalue weighted by molar-refractivity contribution is 9.10. The van der Waals surface area contributed by atoms with Crippen molar-refractivity contribution in [3.05, 3.63) is 64.1 Å². The topological polar surface area (TPSA) is 50.7 Å². The van der Waals surface area contributed by atoms with Crippen LogP contribution in [-0.2, 0) is 0 Å². The summed E-state index contributed by atoms with van der Waals surface area (Å²) in [6, 6.07) is 14.7. The number of halogens is 1. The molecule has 0 saturated carbocycles. The Bertz CT molecular complexity index is 654. The molecule has 0 saturated heterocycles. The highest BCUT2D eigenvalue weighted by atomic mass is 79.9. The Morgan fingerprint density at radius 1 is 1.27 bits per heavy atom. The molecule has 5 heteroatoms. The van der Waals surface area contributed by atoms with E-state index < -0.39 is 0 Å². The third-order valence-corrected chi connectivity index (χ3v) is 3.31. The maximum absolute atomic E-state index is 11.9. The number of carbonyl (C=O) groups is 1. The Kier molecular flexibility index (Phi) is 6.15. The predicted octanol–water partition coefficient (Wildman–Crippen LogP) is 4.00. The number of hydrazone groups is 1. The molecule has 0 aliphatic heterocycles. The van der Waals surface area contributed by atoms with E-state index in [4.69, 9.17) is 4.74 Å². The van der Waals surface area contributed by atoms with Crippen LogP contribution in [-0.4, -0.2) is 18.7 Å². The first kappa shape index (κ1) is 16.2. The minimum atomic E-state index is -0.250. The summed E-state index contributed by atoms with van der Waals surface area (Å²) in [5, 5.41) is 3.96. The van der Waals surface area contributed by atoms with E-state index in [0.717, 1.165) is 22.2 Å². The molecule has 0 aliphatic rings. The molecule has 2 aromatic carbocycles. The van der Waals surface area contributed by atoms with E-state index in [2.05, 4.69) is 33.4 Å². The molecule has 22 heavy (non-hydrogen) atoms. The van der Waals surface area contributed by atoms with Gasteiger partial charge in [0.25, 0.3) is 5.91 Å². The molecule has 4 nitrogen and oxygen atoms in total. The smallest absolute Gasteiger partial charge is 0.271 e. The second kappa shape index (κ2) is 8.34. The third kappa shape index (κ3) is 5.00. The lowest BCUT2D eigenvalue weighted by molar-refractivity contribution is 0.0955. The van der Waals surface area contributed by atoms with Crippen LogP contribution >= 0.6 is 15.9 Å². The van der Waals surface area contributed by atoms with Crippen molar-refractivity contribution in [3.8, 4) is 5.75 Å². The summed E-state index contributed by atoms with van der Waals surface area (Å²) >= 11 is 3.33. The Morgan fingerprint density at radius 3 is 2.73 bits per heavy atom. The van der Waals surface area contributed by atoms with E-state index in [0.29, 0.717) is 12.2 Å². The molecule has 0 atom stereocenters. The minimum Gasteiger partial charge on any atom is -0.494 e. The zero-order chi connectivity index (χ0) is 15.8. The fraction of sp³-hybridized carbons (Fsp3) is 0.176. The van der Waals surface area contributed by atoms with Crippen molar-refractivity contribution in [3.63, 3.8) is 0 Å². The van der Waals surface area contributed by atoms with Gasteiger partial charge in [-0.2, -0.15) is 5.10 Å². The van der Waals surface area contributed by atoms with Gasteiger partial charge in [0, 0.05) is 10.0 Å². The van der Waals surface area contributed by atoms with Gasteiger partial charge in [-0.05, 0) is 54.4 Å². The second-order valence-corrected chi connectivity index (χ2v) is 5.54. The van der Waals surface area contributed by atoms with E-state index in [1.807, 2.05) is 30.3 Å². The molecule has 114 valence electrons. The van der Waals surface area contributed by atoms with Gasteiger partial charge in [0.15, 0.2) is 0 Å². The normalized spacial score (nSPS) is 10.6.